The minimum atomic E-state index is 0.0489. The number of rotatable bonds is 10. The predicted molar refractivity (Wildman–Crippen MR) is 78.5 cm³/mol. The smallest absolute Gasteiger partial charge is 0.221 e. The Balaban J connectivity index is 2.23. The second kappa shape index (κ2) is 9.50. The summed E-state index contributed by atoms with van der Waals surface area (Å²) in [7, 11) is 1.62. The molecule has 0 aliphatic rings. The Hall–Kier alpha value is -1.40. The molecule has 1 amide bonds. The Morgan fingerprint density at radius 2 is 2.20 bits per heavy atom. The zero-order valence-electron chi connectivity index (χ0n) is 12.7. The maximum Gasteiger partial charge on any atom is 0.221 e. The van der Waals surface area contributed by atoms with E-state index in [2.05, 4.69) is 35.6 Å². The van der Waals surface area contributed by atoms with Gasteiger partial charge in [-0.15, -0.1) is 0 Å². The third-order valence-electron chi connectivity index (χ3n) is 3.04. The first-order valence-electron chi connectivity index (χ1n) is 7.23. The van der Waals surface area contributed by atoms with Crippen LogP contribution in [0.3, 0.4) is 0 Å². The van der Waals surface area contributed by atoms with Gasteiger partial charge >= 0.3 is 0 Å². The Morgan fingerprint density at radius 3 is 2.85 bits per heavy atom. The lowest BCUT2D eigenvalue weighted by atomic mass is 10.3. The lowest BCUT2D eigenvalue weighted by Gasteiger charge is -2.07. The first-order chi connectivity index (χ1) is 9.71. The van der Waals surface area contributed by atoms with Gasteiger partial charge in [0.25, 0.3) is 0 Å². The molecule has 0 aliphatic carbocycles. The van der Waals surface area contributed by atoms with E-state index in [1.54, 1.807) is 7.11 Å². The number of ether oxygens (including phenoxy) is 1. The summed E-state index contributed by atoms with van der Waals surface area (Å²) >= 11 is 0. The van der Waals surface area contributed by atoms with Crippen LogP contribution in [0, 0.1) is 0 Å². The molecule has 0 bridgehead atoms. The number of carbonyl (C=O) groups excluding carboxylic acids is 1. The maximum atomic E-state index is 11.5. The highest BCUT2D eigenvalue weighted by Crippen LogP contribution is 2.05. The lowest BCUT2D eigenvalue weighted by molar-refractivity contribution is -0.121. The molecule has 1 aromatic heterocycles. The molecule has 6 heteroatoms. The Kier molecular flexibility index (Phi) is 7.91. The van der Waals surface area contributed by atoms with Gasteiger partial charge in [0.05, 0.1) is 18.0 Å². The highest BCUT2D eigenvalue weighted by molar-refractivity contribution is 5.75. The van der Waals surface area contributed by atoms with Crippen LogP contribution in [-0.2, 0) is 29.0 Å². The molecule has 1 aromatic rings. The van der Waals surface area contributed by atoms with Crippen molar-refractivity contribution >= 4 is 5.91 Å². The molecule has 0 unspecified atom stereocenters. The van der Waals surface area contributed by atoms with Gasteiger partial charge in [0, 0.05) is 39.7 Å². The van der Waals surface area contributed by atoms with Crippen LogP contribution in [0.1, 0.15) is 31.7 Å². The minimum Gasteiger partial charge on any atom is -0.383 e. The van der Waals surface area contributed by atoms with Gasteiger partial charge in [0.15, 0.2) is 0 Å². The maximum absolute atomic E-state index is 11.5. The number of aryl methyl sites for hydroxylation is 2. The minimum absolute atomic E-state index is 0.0489. The second-order valence-electron chi connectivity index (χ2n) is 4.57. The summed E-state index contributed by atoms with van der Waals surface area (Å²) in [6.45, 7) is 7.57. The molecule has 0 aromatic carbocycles. The van der Waals surface area contributed by atoms with Crippen LogP contribution < -0.4 is 10.6 Å². The third-order valence-corrected chi connectivity index (χ3v) is 3.04. The molecule has 0 fully saturated rings. The zero-order valence-corrected chi connectivity index (χ0v) is 12.7. The second-order valence-corrected chi connectivity index (χ2v) is 4.57. The van der Waals surface area contributed by atoms with E-state index in [9.17, 15) is 4.79 Å². The largest absolute Gasteiger partial charge is 0.383 e. The average molecular weight is 282 g/mol. The van der Waals surface area contributed by atoms with Gasteiger partial charge in [-0.2, -0.15) is 5.10 Å². The normalized spacial score (nSPS) is 10.8. The highest BCUT2D eigenvalue weighted by Gasteiger charge is 2.05. The lowest BCUT2D eigenvalue weighted by Crippen LogP contribution is -2.30. The molecule has 1 heterocycles. The van der Waals surface area contributed by atoms with Gasteiger partial charge in [-0.1, -0.05) is 6.92 Å². The van der Waals surface area contributed by atoms with Crippen molar-refractivity contribution in [1.82, 2.24) is 20.4 Å². The Bertz CT molecular complexity index is 404. The van der Waals surface area contributed by atoms with Crippen LogP contribution in [0.15, 0.2) is 6.07 Å². The van der Waals surface area contributed by atoms with Gasteiger partial charge < -0.3 is 15.4 Å². The molecule has 0 saturated heterocycles. The van der Waals surface area contributed by atoms with E-state index >= 15 is 0 Å². The standard InChI is InChI=1S/C14H26N4O2/c1-4-12-10-13(18(5-2)17-12)11-15-7-6-14(19)16-8-9-20-3/h10,15H,4-9,11H2,1-3H3,(H,16,19). The van der Waals surface area contributed by atoms with Crippen LogP contribution >= 0.6 is 0 Å². The van der Waals surface area contributed by atoms with Crippen molar-refractivity contribution in [3.05, 3.63) is 17.5 Å². The highest BCUT2D eigenvalue weighted by atomic mass is 16.5. The van der Waals surface area contributed by atoms with Gasteiger partial charge in [0.1, 0.15) is 0 Å². The van der Waals surface area contributed by atoms with E-state index < -0.39 is 0 Å². The summed E-state index contributed by atoms with van der Waals surface area (Å²) in [6, 6.07) is 2.12. The fourth-order valence-corrected chi connectivity index (χ4v) is 1.90. The summed E-state index contributed by atoms with van der Waals surface area (Å²) in [6.07, 6.45) is 1.42. The molecule has 2 N–H and O–H groups in total. The van der Waals surface area contributed by atoms with Crippen molar-refractivity contribution in [2.45, 2.75) is 39.8 Å². The average Bonchev–Trinajstić information content (AvgIpc) is 2.86. The van der Waals surface area contributed by atoms with Crippen LogP contribution in [0.2, 0.25) is 0 Å². The summed E-state index contributed by atoms with van der Waals surface area (Å²) < 4.78 is 6.88. The van der Waals surface area contributed by atoms with Crippen molar-refractivity contribution in [1.29, 1.82) is 0 Å². The summed E-state index contributed by atoms with van der Waals surface area (Å²) in [4.78, 5) is 11.5. The number of nitrogens with one attached hydrogen (secondary N) is 2. The van der Waals surface area contributed by atoms with E-state index in [1.165, 1.54) is 5.69 Å². The van der Waals surface area contributed by atoms with Gasteiger partial charge in [-0.05, 0) is 19.4 Å². The predicted octanol–water partition coefficient (Wildman–Crippen LogP) is 0.708. The van der Waals surface area contributed by atoms with Crippen LogP contribution in [0.4, 0.5) is 0 Å². The molecular weight excluding hydrogens is 256 g/mol. The fourth-order valence-electron chi connectivity index (χ4n) is 1.90. The first-order valence-corrected chi connectivity index (χ1v) is 7.23. The molecule has 0 radical (unpaired) electrons. The van der Waals surface area contributed by atoms with Crippen molar-refractivity contribution < 1.29 is 9.53 Å². The molecule has 1 rings (SSSR count). The summed E-state index contributed by atoms with van der Waals surface area (Å²) in [5, 5.41) is 10.6. The number of aromatic nitrogens is 2. The van der Waals surface area contributed by atoms with E-state index in [1.807, 2.05) is 4.68 Å². The number of amides is 1. The molecule has 20 heavy (non-hydrogen) atoms. The number of methoxy groups -OCH3 is 1. The van der Waals surface area contributed by atoms with Gasteiger partial charge in [-0.25, -0.2) is 0 Å². The van der Waals surface area contributed by atoms with Crippen molar-refractivity contribution in [3.63, 3.8) is 0 Å². The molecule has 0 spiro atoms. The summed E-state index contributed by atoms with van der Waals surface area (Å²) in [5.74, 6) is 0.0489. The number of carbonyl (C=O) groups is 1. The molecular formula is C14H26N4O2. The Morgan fingerprint density at radius 1 is 1.40 bits per heavy atom. The summed E-state index contributed by atoms with van der Waals surface area (Å²) in [5.41, 5.74) is 2.28. The van der Waals surface area contributed by atoms with Crippen molar-refractivity contribution in [3.8, 4) is 0 Å². The van der Waals surface area contributed by atoms with Gasteiger partial charge in [0.2, 0.25) is 5.91 Å². The van der Waals surface area contributed by atoms with Crippen LogP contribution in [0.5, 0.6) is 0 Å². The quantitative estimate of drug-likeness (QED) is 0.620. The SMILES string of the molecule is CCc1cc(CNCCC(=O)NCCOC)n(CC)n1. The Labute approximate surface area is 120 Å². The molecule has 0 atom stereocenters. The fraction of sp³-hybridized carbons (Fsp3) is 0.714. The molecule has 0 saturated carbocycles. The van der Waals surface area contributed by atoms with Crippen molar-refractivity contribution in [2.75, 3.05) is 26.8 Å². The van der Waals surface area contributed by atoms with Gasteiger partial charge in [-0.3, -0.25) is 9.48 Å². The number of hydrogen-bond donors (Lipinski definition) is 2. The van der Waals surface area contributed by atoms with Crippen molar-refractivity contribution in [2.24, 2.45) is 0 Å². The number of nitrogens with zero attached hydrogens (tertiary/aromatic N) is 2. The monoisotopic (exact) mass is 282 g/mol. The first kappa shape index (κ1) is 16.7. The molecule has 6 nitrogen and oxygen atoms in total. The van der Waals surface area contributed by atoms with Crippen LogP contribution in [0.25, 0.3) is 0 Å². The number of hydrogen-bond acceptors (Lipinski definition) is 4. The van der Waals surface area contributed by atoms with E-state index in [0.29, 0.717) is 26.1 Å². The molecule has 0 aliphatic heterocycles. The molecule has 114 valence electrons. The van der Waals surface area contributed by atoms with E-state index in [-0.39, 0.29) is 5.91 Å². The van der Waals surface area contributed by atoms with E-state index in [0.717, 1.165) is 25.2 Å². The third kappa shape index (κ3) is 5.71. The van der Waals surface area contributed by atoms with Crippen LogP contribution in [-0.4, -0.2) is 42.5 Å². The zero-order chi connectivity index (χ0) is 14.8. The van der Waals surface area contributed by atoms with E-state index in [4.69, 9.17) is 4.74 Å². The topological polar surface area (TPSA) is 68.2 Å².